The van der Waals surface area contributed by atoms with E-state index in [4.69, 9.17) is 0 Å². The Morgan fingerprint density at radius 3 is 2.35 bits per heavy atom. The molecule has 0 aromatic rings. The molecule has 4 nitrogen and oxygen atoms in total. The van der Waals surface area contributed by atoms with E-state index in [2.05, 4.69) is 15.1 Å². The van der Waals surface area contributed by atoms with Crippen LogP contribution in [0.3, 0.4) is 0 Å². The molecule has 0 aliphatic carbocycles. The highest BCUT2D eigenvalue weighted by atomic mass is 16.2. The summed E-state index contributed by atoms with van der Waals surface area (Å²) in [6.07, 6.45) is 8.48. The quantitative estimate of drug-likeness (QED) is 0.831. The summed E-state index contributed by atoms with van der Waals surface area (Å²) in [5, 5.41) is 3.35. The van der Waals surface area contributed by atoms with Crippen molar-refractivity contribution in [2.24, 2.45) is 5.92 Å². The van der Waals surface area contributed by atoms with E-state index in [0.29, 0.717) is 11.8 Å². The van der Waals surface area contributed by atoms with Gasteiger partial charge in [-0.3, -0.25) is 4.79 Å². The first-order valence-corrected chi connectivity index (χ1v) is 8.58. The molecule has 20 heavy (non-hydrogen) atoms. The van der Waals surface area contributed by atoms with E-state index in [0.717, 1.165) is 45.1 Å². The molecule has 0 aromatic heterocycles. The molecule has 3 heterocycles. The Bertz CT molecular complexity index is 322. The van der Waals surface area contributed by atoms with Crippen LogP contribution in [-0.2, 0) is 4.79 Å². The summed E-state index contributed by atoms with van der Waals surface area (Å²) < 4.78 is 0. The monoisotopic (exact) mass is 279 g/mol. The van der Waals surface area contributed by atoms with E-state index in [-0.39, 0.29) is 0 Å². The molecule has 3 aliphatic heterocycles. The normalized spacial score (nSPS) is 30.4. The van der Waals surface area contributed by atoms with Crippen LogP contribution in [0.2, 0.25) is 0 Å². The van der Waals surface area contributed by atoms with Gasteiger partial charge in [0.2, 0.25) is 5.91 Å². The van der Waals surface area contributed by atoms with Crippen molar-refractivity contribution < 1.29 is 4.79 Å². The van der Waals surface area contributed by atoms with Crippen LogP contribution < -0.4 is 5.32 Å². The molecule has 3 saturated heterocycles. The van der Waals surface area contributed by atoms with Crippen LogP contribution in [0, 0.1) is 5.92 Å². The molecular weight excluding hydrogens is 250 g/mol. The lowest BCUT2D eigenvalue weighted by atomic mass is 9.96. The SMILES string of the molecule is O=C(C1CCNCC1)N1CCCC(N2CCCC2)CC1. The van der Waals surface area contributed by atoms with Gasteiger partial charge in [0.25, 0.3) is 0 Å². The van der Waals surface area contributed by atoms with E-state index >= 15 is 0 Å². The number of rotatable bonds is 2. The number of hydrogen-bond donors (Lipinski definition) is 1. The Hall–Kier alpha value is -0.610. The first kappa shape index (κ1) is 14.3. The van der Waals surface area contributed by atoms with E-state index in [9.17, 15) is 4.79 Å². The molecule has 0 radical (unpaired) electrons. The number of hydrogen-bond acceptors (Lipinski definition) is 3. The molecule has 0 aromatic carbocycles. The fraction of sp³-hybridized carbons (Fsp3) is 0.938. The number of carbonyl (C=O) groups excluding carboxylic acids is 1. The van der Waals surface area contributed by atoms with Crippen molar-refractivity contribution in [2.45, 2.75) is 51.0 Å². The summed E-state index contributed by atoms with van der Waals surface area (Å²) in [6.45, 7) is 6.58. The van der Waals surface area contributed by atoms with Gasteiger partial charge in [0.1, 0.15) is 0 Å². The number of nitrogens with one attached hydrogen (secondary N) is 1. The van der Waals surface area contributed by atoms with E-state index in [1.54, 1.807) is 0 Å². The lowest BCUT2D eigenvalue weighted by molar-refractivity contribution is -0.136. The summed E-state index contributed by atoms with van der Waals surface area (Å²) in [6, 6.07) is 0.739. The average Bonchev–Trinajstić information content (AvgIpc) is 2.92. The van der Waals surface area contributed by atoms with Crippen molar-refractivity contribution in [3.05, 3.63) is 0 Å². The van der Waals surface area contributed by atoms with Gasteiger partial charge in [0, 0.05) is 25.0 Å². The second-order valence-electron chi connectivity index (χ2n) is 6.68. The largest absolute Gasteiger partial charge is 0.342 e. The Morgan fingerprint density at radius 2 is 1.60 bits per heavy atom. The summed E-state index contributed by atoms with van der Waals surface area (Å²) in [5.41, 5.74) is 0. The molecule has 1 unspecified atom stereocenters. The lowest BCUT2D eigenvalue weighted by Crippen LogP contribution is -2.42. The Balaban J connectivity index is 1.52. The molecule has 0 bridgehead atoms. The minimum absolute atomic E-state index is 0.291. The molecule has 3 rings (SSSR count). The molecule has 0 saturated carbocycles. The minimum Gasteiger partial charge on any atom is -0.342 e. The average molecular weight is 279 g/mol. The van der Waals surface area contributed by atoms with Crippen molar-refractivity contribution in [1.29, 1.82) is 0 Å². The van der Waals surface area contributed by atoms with E-state index in [1.807, 2.05) is 0 Å². The zero-order valence-corrected chi connectivity index (χ0v) is 12.6. The van der Waals surface area contributed by atoms with E-state index in [1.165, 1.54) is 45.2 Å². The maximum absolute atomic E-state index is 12.6. The molecule has 1 atom stereocenters. The predicted octanol–water partition coefficient (Wildman–Crippen LogP) is 1.46. The topological polar surface area (TPSA) is 35.6 Å². The van der Waals surface area contributed by atoms with Gasteiger partial charge in [-0.05, 0) is 71.1 Å². The summed E-state index contributed by atoms with van der Waals surface area (Å²) in [7, 11) is 0. The Labute approximate surface area is 122 Å². The number of carbonyl (C=O) groups is 1. The number of likely N-dealkylation sites (tertiary alicyclic amines) is 2. The number of nitrogens with zero attached hydrogens (tertiary/aromatic N) is 2. The van der Waals surface area contributed by atoms with Crippen molar-refractivity contribution in [3.63, 3.8) is 0 Å². The van der Waals surface area contributed by atoms with Gasteiger partial charge in [-0.2, -0.15) is 0 Å². The van der Waals surface area contributed by atoms with Crippen LogP contribution in [0.1, 0.15) is 44.9 Å². The summed E-state index contributed by atoms with van der Waals surface area (Å²) >= 11 is 0. The second kappa shape index (κ2) is 6.90. The number of piperidine rings is 1. The summed E-state index contributed by atoms with van der Waals surface area (Å²) in [5.74, 6) is 0.730. The van der Waals surface area contributed by atoms with E-state index < -0.39 is 0 Å². The standard InChI is InChI=1S/C16H29N3O/c20-16(14-5-8-17-9-6-14)19-12-3-4-15(7-13-19)18-10-1-2-11-18/h14-15,17H,1-13H2. The van der Waals surface area contributed by atoms with Gasteiger partial charge in [-0.25, -0.2) is 0 Å². The molecule has 0 spiro atoms. The second-order valence-corrected chi connectivity index (χ2v) is 6.68. The van der Waals surface area contributed by atoms with Crippen molar-refractivity contribution in [3.8, 4) is 0 Å². The first-order chi connectivity index (χ1) is 9.84. The highest BCUT2D eigenvalue weighted by molar-refractivity contribution is 5.79. The van der Waals surface area contributed by atoms with Crippen LogP contribution in [0.15, 0.2) is 0 Å². The number of amides is 1. The van der Waals surface area contributed by atoms with Crippen LogP contribution in [-0.4, -0.2) is 61.0 Å². The third kappa shape index (κ3) is 3.34. The molecule has 114 valence electrons. The lowest BCUT2D eigenvalue weighted by Gasteiger charge is -2.29. The Kier molecular flexibility index (Phi) is 4.94. The van der Waals surface area contributed by atoms with Crippen LogP contribution in [0.5, 0.6) is 0 Å². The van der Waals surface area contributed by atoms with Crippen LogP contribution in [0.25, 0.3) is 0 Å². The van der Waals surface area contributed by atoms with Gasteiger partial charge >= 0.3 is 0 Å². The van der Waals surface area contributed by atoms with Crippen molar-refractivity contribution in [1.82, 2.24) is 15.1 Å². The minimum atomic E-state index is 0.291. The van der Waals surface area contributed by atoms with Crippen LogP contribution in [0.4, 0.5) is 0 Å². The maximum Gasteiger partial charge on any atom is 0.225 e. The summed E-state index contributed by atoms with van der Waals surface area (Å²) in [4.78, 5) is 17.5. The van der Waals surface area contributed by atoms with Gasteiger partial charge in [-0.15, -0.1) is 0 Å². The van der Waals surface area contributed by atoms with Gasteiger partial charge in [-0.1, -0.05) is 0 Å². The fourth-order valence-electron chi connectivity index (χ4n) is 4.10. The zero-order valence-electron chi connectivity index (χ0n) is 12.6. The molecule has 3 aliphatic rings. The van der Waals surface area contributed by atoms with Crippen LogP contribution >= 0.6 is 0 Å². The molecular formula is C16H29N3O. The maximum atomic E-state index is 12.6. The molecule has 1 amide bonds. The van der Waals surface area contributed by atoms with Gasteiger partial charge in [0.15, 0.2) is 0 Å². The molecule has 1 N–H and O–H groups in total. The fourth-order valence-corrected chi connectivity index (χ4v) is 4.10. The first-order valence-electron chi connectivity index (χ1n) is 8.58. The Morgan fingerprint density at radius 1 is 0.850 bits per heavy atom. The van der Waals surface area contributed by atoms with Gasteiger partial charge in [0.05, 0.1) is 0 Å². The van der Waals surface area contributed by atoms with Crippen molar-refractivity contribution >= 4 is 5.91 Å². The highest BCUT2D eigenvalue weighted by Gasteiger charge is 2.29. The van der Waals surface area contributed by atoms with Crippen molar-refractivity contribution in [2.75, 3.05) is 39.3 Å². The van der Waals surface area contributed by atoms with Gasteiger partial charge < -0.3 is 15.1 Å². The zero-order chi connectivity index (χ0) is 13.8. The smallest absolute Gasteiger partial charge is 0.225 e. The molecule has 4 heteroatoms. The molecule has 3 fully saturated rings. The third-order valence-corrected chi connectivity index (χ3v) is 5.35. The predicted molar refractivity (Wildman–Crippen MR) is 80.6 cm³/mol. The third-order valence-electron chi connectivity index (χ3n) is 5.35. The highest BCUT2D eigenvalue weighted by Crippen LogP contribution is 2.23.